The molecule has 3 heterocycles. The summed E-state index contributed by atoms with van der Waals surface area (Å²) in [6, 6.07) is 0. The molecule has 0 aromatic carbocycles. The first kappa shape index (κ1) is 13.5. The highest BCUT2D eigenvalue weighted by molar-refractivity contribution is 5.37. The summed E-state index contributed by atoms with van der Waals surface area (Å²) in [5, 5.41) is 0. The van der Waals surface area contributed by atoms with Crippen molar-refractivity contribution in [3.8, 4) is 0 Å². The highest BCUT2D eigenvalue weighted by Crippen LogP contribution is 2.41. The Bertz CT molecular complexity index is 457. The van der Waals surface area contributed by atoms with Gasteiger partial charge in [-0.15, -0.1) is 0 Å². The zero-order valence-electron chi connectivity index (χ0n) is 12.8. The van der Waals surface area contributed by atoms with Crippen LogP contribution in [0.5, 0.6) is 0 Å². The summed E-state index contributed by atoms with van der Waals surface area (Å²) in [6.07, 6.45) is 12.6. The molecule has 4 heteroatoms. The van der Waals surface area contributed by atoms with Crippen LogP contribution >= 0.6 is 0 Å². The maximum atomic E-state index is 4.50. The molecule has 4 rings (SSSR count). The van der Waals surface area contributed by atoms with Crippen LogP contribution in [0.25, 0.3) is 0 Å². The summed E-state index contributed by atoms with van der Waals surface area (Å²) < 4.78 is 0. The van der Waals surface area contributed by atoms with Crippen molar-refractivity contribution in [2.24, 2.45) is 17.8 Å². The largest absolute Gasteiger partial charge is 0.355 e. The third-order valence-electron chi connectivity index (χ3n) is 5.81. The number of hydrogen-bond donors (Lipinski definition) is 0. The standard InChI is InChI=1S/C17H26N4/c1-2-9-20(8-1)11-14-4-3-5-15-12-21(13-16(14)15)17-10-18-6-7-19-17/h6-7,10,14-16H,1-5,8-9,11-13H2/t14-,15+,16+/m0/s1. The zero-order chi connectivity index (χ0) is 14.1. The lowest BCUT2D eigenvalue weighted by Gasteiger charge is -2.35. The van der Waals surface area contributed by atoms with E-state index in [4.69, 9.17) is 0 Å². The molecule has 0 spiro atoms. The number of rotatable bonds is 3. The molecule has 0 radical (unpaired) electrons. The normalized spacial score (nSPS) is 33.3. The minimum absolute atomic E-state index is 0.876. The molecule has 1 aliphatic carbocycles. The minimum Gasteiger partial charge on any atom is -0.355 e. The molecule has 114 valence electrons. The molecule has 21 heavy (non-hydrogen) atoms. The van der Waals surface area contributed by atoms with E-state index in [-0.39, 0.29) is 0 Å². The molecular formula is C17H26N4. The Hall–Kier alpha value is -1.16. The maximum Gasteiger partial charge on any atom is 0.147 e. The van der Waals surface area contributed by atoms with E-state index in [1.807, 2.05) is 12.4 Å². The molecule has 0 bridgehead atoms. The summed E-state index contributed by atoms with van der Waals surface area (Å²) in [5.41, 5.74) is 0. The molecule has 2 aliphatic heterocycles. The van der Waals surface area contributed by atoms with Crippen molar-refractivity contribution in [3.63, 3.8) is 0 Å². The van der Waals surface area contributed by atoms with Crippen LogP contribution in [-0.4, -0.2) is 47.6 Å². The zero-order valence-corrected chi connectivity index (χ0v) is 12.8. The third kappa shape index (κ3) is 2.78. The van der Waals surface area contributed by atoms with E-state index in [9.17, 15) is 0 Å². The highest BCUT2D eigenvalue weighted by Gasteiger charge is 2.41. The smallest absolute Gasteiger partial charge is 0.147 e. The molecule has 3 aliphatic rings. The number of nitrogens with zero attached hydrogens (tertiary/aromatic N) is 4. The number of fused-ring (bicyclic) bond motifs is 1. The van der Waals surface area contributed by atoms with Gasteiger partial charge in [-0.3, -0.25) is 4.98 Å². The first-order chi connectivity index (χ1) is 10.4. The Morgan fingerprint density at radius 1 is 1.05 bits per heavy atom. The van der Waals surface area contributed by atoms with Crippen LogP contribution in [0, 0.1) is 17.8 Å². The summed E-state index contributed by atoms with van der Waals surface area (Å²) in [6.45, 7) is 6.40. The minimum atomic E-state index is 0.876. The van der Waals surface area contributed by atoms with Gasteiger partial charge >= 0.3 is 0 Å². The molecule has 4 nitrogen and oxygen atoms in total. The molecule has 1 saturated carbocycles. The van der Waals surface area contributed by atoms with Crippen molar-refractivity contribution >= 4 is 5.82 Å². The van der Waals surface area contributed by atoms with Crippen LogP contribution in [0.3, 0.4) is 0 Å². The first-order valence-electron chi connectivity index (χ1n) is 8.63. The SMILES string of the molecule is c1cnc(N2C[C@H]3CCC[C@@H](CN4CCCC4)[C@H]3C2)cn1. The second-order valence-corrected chi connectivity index (χ2v) is 7.09. The average molecular weight is 286 g/mol. The molecule has 1 aromatic rings. The maximum absolute atomic E-state index is 4.50. The average Bonchev–Trinajstić information content (AvgIpc) is 3.17. The van der Waals surface area contributed by atoms with Crippen molar-refractivity contribution in [2.75, 3.05) is 37.6 Å². The van der Waals surface area contributed by atoms with Crippen LogP contribution in [0.1, 0.15) is 32.1 Å². The molecule has 3 fully saturated rings. The van der Waals surface area contributed by atoms with Gasteiger partial charge in [-0.2, -0.15) is 0 Å². The summed E-state index contributed by atoms with van der Waals surface area (Å²) in [7, 11) is 0. The van der Waals surface area contributed by atoms with Crippen LogP contribution in [0.2, 0.25) is 0 Å². The van der Waals surface area contributed by atoms with Gasteiger partial charge in [0.05, 0.1) is 6.20 Å². The fourth-order valence-electron chi connectivity index (χ4n) is 4.76. The van der Waals surface area contributed by atoms with Crippen LogP contribution in [-0.2, 0) is 0 Å². The van der Waals surface area contributed by atoms with Gasteiger partial charge in [-0.05, 0) is 56.5 Å². The van der Waals surface area contributed by atoms with Crippen molar-refractivity contribution in [1.29, 1.82) is 0 Å². The van der Waals surface area contributed by atoms with Gasteiger partial charge < -0.3 is 9.80 Å². The number of anilines is 1. The summed E-state index contributed by atoms with van der Waals surface area (Å²) >= 11 is 0. The van der Waals surface area contributed by atoms with Gasteiger partial charge in [-0.1, -0.05) is 6.42 Å². The van der Waals surface area contributed by atoms with Crippen LogP contribution in [0.15, 0.2) is 18.6 Å². The van der Waals surface area contributed by atoms with E-state index in [0.717, 1.165) is 23.6 Å². The second-order valence-electron chi connectivity index (χ2n) is 7.09. The van der Waals surface area contributed by atoms with Gasteiger partial charge in [0, 0.05) is 32.0 Å². The van der Waals surface area contributed by atoms with Gasteiger partial charge in [0.15, 0.2) is 0 Å². The monoisotopic (exact) mass is 286 g/mol. The Morgan fingerprint density at radius 3 is 2.76 bits per heavy atom. The molecule has 2 saturated heterocycles. The first-order valence-corrected chi connectivity index (χ1v) is 8.63. The van der Waals surface area contributed by atoms with Crippen LogP contribution < -0.4 is 4.90 Å². The number of hydrogen-bond acceptors (Lipinski definition) is 4. The molecule has 1 aromatic heterocycles. The Labute approximate surface area is 127 Å². The van der Waals surface area contributed by atoms with E-state index in [1.54, 1.807) is 6.20 Å². The fourth-order valence-corrected chi connectivity index (χ4v) is 4.76. The predicted molar refractivity (Wildman–Crippen MR) is 84.2 cm³/mol. The van der Waals surface area contributed by atoms with Crippen LogP contribution in [0.4, 0.5) is 5.82 Å². The van der Waals surface area contributed by atoms with E-state index >= 15 is 0 Å². The van der Waals surface area contributed by atoms with E-state index in [2.05, 4.69) is 19.8 Å². The van der Waals surface area contributed by atoms with Crippen molar-refractivity contribution in [1.82, 2.24) is 14.9 Å². The van der Waals surface area contributed by atoms with Crippen molar-refractivity contribution in [2.45, 2.75) is 32.1 Å². The van der Waals surface area contributed by atoms with Gasteiger partial charge in [0.2, 0.25) is 0 Å². The Kier molecular flexibility index (Phi) is 3.80. The summed E-state index contributed by atoms with van der Waals surface area (Å²) in [4.78, 5) is 13.9. The number of likely N-dealkylation sites (tertiary alicyclic amines) is 1. The topological polar surface area (TPSA) is 32.3 Å². The quantitative estimate of drug-likeness (QED) is 0.854. The van der Waals surface area contributed by atoms with E-state index in [0.29, 0.717) is 0 Å². The van der Waals surface area contributed by atoms with Crippen molar-refractivity contribution < 1.29 is 0 Å². The van der Waals surface area contributed by atoms with Gasteiger partial charge in [0.1, 0.15) is 5.82 Å². The lowest BCUT2D eigenvalue weighted by atomic mass is 9.73. The lowest BCUT2D eigenvalue weighted by molar-refractivity contribution is 0.148. The predicted octanol–water partition coefficient (Wildman–Crippen LogP) is 2.42. The van der Waals surface area contributed by atoms with Gasteiger partial charge in [0.25, 0.3) is 0 Å². The third-order valence-corrected chi connectivity index (χ3v) is 5.81. The van der Waals surface area contributed by atoms with E-state index < -0.39 is 0 Å². The Morgan fingerprint density at radius 2 is 1.95 bits per heavy atom. The molecule has 3 atom stereocenters. The Balaban J connectivity index is 1.44. The van der Waals surface area contributed by atoms with Gasteiger partial charge in [-0.25, -0.2) is 4.98 Å². The highest BCUT2D eigenvalue weighted by atomic mass is 15.2. The molecular weight excluding hydrogens is 260 g/mol. The number of aromatic nitrogens is 2. The van der Waals surface area contributed by atoms with E-state index in [1.165, 1.54) is 64.8 Å². The summed E-state index contributed by atoms with van der Waals surface area (Å²) in [5.74, 6) is 3.74. The molecule has 0 unspecified atom stereocenters. The fraction of sp³-hybridized carbons (Fsp3) is 0.765. The molecule has 0 amide bonds. The molecule has 0 N–H and O–H groups in total. The second kappa shape index (κ2) is 5.91. The lowest BCUT2D eigenvalue weighted by Crippen LogP contribution is -2.36. The van der Waals surface area contributed by atoms with Crippen molar-refractivity contribution in [3.05, 3.63) is 18.6 Å².